The topological polar surface area (TPSA) is 30.2 Å². The maximum atomic E-state index is 4.44. The van der Waals surface area contributed by atoms with E-state index in [0.717, 1.165) is 27.9 Å². The van der Waals surface area contributed by atoms with Crippen LogP contribution in [-0.2, 0) is 0 Å². The lowest BCUT2D eigenvalue weighted by Crippen LogP contribution is -1.93. The summed E-state index contributed by atoms with van der Waals surface area (Å²) in [5, 5.41) is 4.36. The van der Waals surface area contributed by atoms with Gasteiger partial charge in [-0.15, -0.1) is 0 Å². The van der Waals surface area contributed by atoms with Crippen molar-refractivity contribution < 1.29 is 0 Å². The maximum Gasteiger partial charge on any atom is 0.163 e. The van der Waals surface area contributed by atoms with Gasteiger partial charge in [0.25, 0.3) is 0 Å². The summed E-state index contributed by atoms with van der Waals surface area (Å²) in [6.45, 7) is 0. The largest absolute Gasteiger partial charge is 0.220 e. The van der Waals surface area contributed by atoms with E-state index in [-0.39, 0.29) is 0 Å². The molecular formula is C24H17N3. The van der Waals surface area contributed by atoms with Gasteiger partial charge in [0.1, 0.15) is 6.33 Å². The highest BCUT2D eigenvalue weighted by atomic mass is 15.3. The second kappa shape index (κ2) is 6.54. The Morgan fingerprint density at radius 2 is 1.11 bits per heavy atom. The second-order valence-corrected chi connectivity index (χ2v) is 6.48. The van der Waals surface area contributed by atoms with Crippen LogP contribution >= 0.6 is 0 Å². The Hall–Kier alpha value is -3.72. The minimum absolute atomic E-state index is 0.867. The zero-order chi connectivity index (χ0) is 18.1. The van der Waals surface area contributed by atoms with Crippen molar-refractivity contribution in [3.05, 3.63) is 104 Å². The SMILES string of the molecule is c1ccc(-c2ccc(-c3cc(-c4ccccc4)c4ncnn4c3)cc2)cc1. The fourth-order valence-corrected chi connectivity index (χ4v) is 3.40. The first-order valence-electron chi connectivity index (χ1n) is 8.93. The van der Waals surface area contributed by atoms with Gasteiger partial charge in [-0.25, -0.2) is 9.50 Å². The first-order chi connectivity index (χ1) is 13.4. The van der Waals surface area contributed by atoms with Crippen LogP contribution in [0.1, 0.15) is 0 Å². The molecule has 0 atom stereocenters. The van der Waals surface area contributed by atoms with Crippen LogP contribution in [0.3, 0.4) is 0 Å². The van der Waals surface area contributed by atoms with Gasteiger partial charge in [0.15, 0.2) is 5.65 Å². The number of hydrogen-bond donors (Lipinski definition) is 0. The molecule has 0 saturated heterocycles. The van der Waals surface area contributed by atoms with Crippen LogP contribution in [0.5, 0.6) is 0 Å². The molecule has 0 fully saturated rings. The van der Waals surface area contributed by atoms with Crippen molar-refractivity contribution in [3.63, 3.8) is 0 Å². The predicted molar refractivity (Wildman–Crippen MR) is 109 cm³/mol. The minimum Gasteiger partial charge on any atom is -0.220 e. The smallest absolute Gasteiger partial charge is 0.163 e. The van der Waals surface area contributed by atoms with Gasteiger partial charge in [0.2, 0.25) is 0 Å². The molecule has 0 unspecified atom stereocenters. The van der Waals surface area contributed by atoms with Crippen LogP contribution in [0.2, 0.25) is 0 Å². The van der Waals surface area contributed by atoms with E-state index in [1.807, 2.05) is 35.0 Å². The lowest BCUT2D eigenvalue weighted by atomic mass is 9.99. The Labute approximate surface area is 157 Å². The number of hydrogen-bond acceptors (Lipinski definition) is 2. The number of nitrogens with zero attached hydrogens (tertiary/aromatic N) is 3. The van der Waals surface area contributed by atoms with Crippen LogP contribution in [0.25, 0.3) is 39.0 Å². The molecule has 2 aromatic heterocycles. The normalized spacial score (nSPS) is 11.0. The molecule has 3 nitrogen and oxygen atoms in total. The van der Waals surface area contributed by atoms with Gasteiger partial charge >= 0.3 is 0 Å². The van der Waals surface area contributed by atoms with Gasteiger partial charge in [0.05, 0.1) is 0 Å². The molecule has 2 heterocycles. The zero-order valence-corrected chi connectivity index (χ0v) is 14.7. The predicted octanol–water partition coefficient (Wildman–Crippen LogP) is 5.73. The van der Waals surface area contributed by atoms with Gasteiger partial charge in [-0.1, -0.05) is 84.9 Å². The van der Waals surface area contributed by atoms with Gasteiger partial charge in [-0.2, -0.15) is 5.10 Å². The zero-order valence-electron chi connectivity index (χ0n) is 14.7. The molecular weight excluding hydrogens is 330 g/mol. The van der Waals surface area contributed by atoms with Crippen molar-refractivity contribution in [2.75, 3.05) is 0 Å². The van der Waals surface area contributed by atoms with E-state index in [4.69, 9.17) is 0 Å². The molecule has 3 aromatic carbocycles. The standard InChI is InChI=1S/C24H17N3/c1-3-7-18(8-4-1)19-11-13-20(14-12-19)22-15-23(21-9-5-2-6-10-21)24-25-17-26-27(24)16-22/h1-17H. The molecule has 128 valence electrons. The summed E-state index contributed by atoms with van der Waals surface area (Å²) in [6, 6.07) is 31.6. The number of fused-ring (bicyclic) bond motifs is 1. The van der Waals surface area contributed by atoms with E-state index in [0.29, 0.717) is 0 Å². The molecule has 0 aliphatic rings. The third-order valence-electron chi connectivity index (χ3n) is 4.79. The summed E-state index contributed by atoms with van der Waals surface area (Å²) in [4.78, 5) is 4.44. The van der Waals surface area contributed by atoms with Crippen LogP contribution in [0.15, 0.2) is 104 Å². The first kappa shape index (κ1) is 15.5. The third kappa shape index (κ3) is 2.89. The van der Waals surface area contributed by atoms with Gasteiger partial charge in [0, 0.05) is 17.3 Å². The Bertz CT molecular complexity index is 1190. The summed E-state index contributed by atoms with van der Waals surface area (Å²) >= 11 is 0. The summed E-state index contributed by atoms with van der Waals surface area (Å²) in [5.41, 5.74) is 7.79. The molecule has 0 N–H and O–H groups in total. The number of pyridine rings is 1. The molecule has 0 saturated carbocycles. The van der Waals surface area contributed by atoms with Crippen molar-refractivity contribution in [3.8, 4) is 33.4 Å². The van der Waals surface area contributed by atoms with E-state index in [2.05, 4.69) is 76.8 Å². The van der Waals surface area contributed by atoms with Crippen LogP contribution < -0.4 is 0 Å². The Morgan fingerprint density at radius 1 is 0.556 bits per heavy atom. The van der Waals surface area contributed by atoms with Crippen molar-refractivity contribution in [2.45, 2.75) is 0 Å². The maximum absolute atomic E-state index is 4.44. The van der Waals surface area contributed by atoms with Gasteiger partial charge in [-0.3, -0.25) is 0 Å². The molecule has 0 radical (unpaired) electrons. The quantitative estimate of drug-likeness (QED) is 0.417. The lowest BCUT2D eigenvalue weighted by molar-refractivity contribution is 0.963. The van der Waals surface area contributed by atoms with Crippen LogP contribution in [0.4, 0.5) is 0 Å². The lowest BCUT2D eigenvalue weighted by Gasteiger charge is -2.09. The van der Waals surface area contributed by atoms with E-state index >= 15 is 0 Å². The van der Waals surface area contributed by atoms with E-state index in [9.17, 15) is 0 Å². The highest BCUT2D eigenvalue weighted by molar-refractivity contribution is 5.82. The average molecular weight is 347 g/mol. The molecule has 0 amide bonds. The molecule has 5 rings (SSSR count). The monoisotopic (exact) mass is 347 g/mol. The molecule has 5 aromatic rings. The Morgan fingerprint density at radius 3 is 1.78 bits per heavy atom. The van der Waals surface area contributed by atoms with Crippen molar-refractivity contribution in [1.29, 1.82) is 0 Å². The molecule has 0 aliphatic heterocycles. The Balaban J connectivity index is 1.61. The van der Waals surface area contributed by atoms with Crippen molar-refractivity contribution >= 4 is 5.65 Å². The summed E-state index contributed by atoms with van der Waals surface area (Å²) in [6.07, 6.45) is 3.64. The second-order valence-electron chi connectivity index (χ2n) is 6.48. The van der Waals surface area contributed by atoms with Gasteiger partial charge < -0.3 is 0 Å². The summed E-state index contributed by atoms with van der Waals surface area (Å²) < 4.78 is 1.85. The summed E-state index contributed by atoms with van der Waals surface area (Å²) in [5.74, 6) is 0. The van der Waals surface area contributed by atoms with Crippen LogP contribution in [-0.4, -0.2) is 14.6 Å². The molecule has 3 heteroatoms. The number of rotatable bonds is 3. The minimum atomic E-state index is 0.867. The highest BCUT2D eigenvalue weighted by Gasteiger charge is 2.10. The Kier molecular flexibility index (Phi) is 3.76. The molecule has 0 aliphatic carbocycles. The first-order valence-corrected chi connectivity index (χ1v) is 8.93. The van der Waals surface area contributed by atoms with E-state index < -0.39 is 0 Å². The van der Waals surface area contributed by atoms with E-state index in [1.54, 1.807) is 6.33 Å². The fourth-order valence-electron chi connectivity index (χ4n) is 3.40. The van der Waals surface area contributed by atoms with E-state index in [1.165, 1.54) is 11.1 Å². The molecule has 27 heavy (non-hydrogen) atoms. The fraction of sp³-hybridized carbons (Fsp3) is 0. The number of aromatic nitrogens is 3. The van der Waals surface area contributed by atoms with Crippen molar-refractivity contribution in [2.24, 2.45) is 0 Å². The van der Waals surface area contributed by atoms with Crippen molar-refractivity contribution in [1.82, 2.24) is 14.6 Å². The van der Waals surface area contributed by atoms with Crippen LogP contribution in [0, 0.1) is 0 Å². The molecule has 0 spiro atoms. The third-order valence-corrected chi connectivity index (χ3v) is 4.79. The molecule has 0 bridgehead atoms. The summed E-state index contributed by atoms with van der Waals surface area (Å²) in [7, 11) is 0. The van der Waals surface area contributed by atoms with Gasteiger partial charge in [-0.05, 0) is 28.3 Å². The number of benzene rings is 3. The highest BCUT2D eigenvalue weighted by Crippen LogP contribution is 2.30. The average Bonchev–Trinajstić information content (AvgIpc) is 3.23.